The van der Waals surface area contributed by atoms with Gasteiger partial charge in [0.25, 0.3) is 11.9 Å². The zero-order chi connectivity index (χ0) is 14.0. The van der Waals surface area contributed by atoms with E-state index in [1.54, 1.807) is 7.11 Å². The van der Waals surface area contributed by atoms with Crippen molar-refractivity contribution >= 4 is 11.7 Å². The number of carbonyl (C=O) groups is 1. The summed E-state index contributed by atoms with van der Waals surface area (Å²) in [5.41, 5.74) is -0.244. The topological polar surface area (TPSA) is 84.7 Å². The summed E-state index contributed by atoms with van der Waals surface area (Å²) in [6, 6.07) is 1.18. The second-order valence-electron chi connectivity index (χ2n) is 4.26. The maximum absolute atomic E-state index is 13.2. The van der Waals surface area contributed by atoms with Crippen LogP contribution in [0.4, 0.5) is 10.1 Å². The highest BCUT2D eigenvalue weighted by atomic mass is 19.1. The van der Waals surface area contributed by atoms with Crippen LogP contribution in [0.2, 0.25) is 0 Å². The number of ether oxygens (including phenoxy) is 1. The molecule has 1 aromatic rings. The van der Waals surface area contributed by atoms with Gasteiger partial charge in [-0.05, 0) is 6.42 Å². The van der Waals surface area contributed by atoms with Gasteiger partial charge in [0.2, 0.25) is 0 Å². The molecule has 0 spiro atoms. The van der Waals surface area contributed by atoms with E-state index < -0.39 is 17.8 Å². The molecule has 1 aliphatic heterocycles. The Kier molecular flexibility index (Phi) is 3.79. The van der Waals surface area contributed by atoms with Crippen molar-refractivity contribution in [2.75, 3.05) is 25.1 Å². The molecule has 1 fully saturated rings. The molecule has 104 valence electrons. The predicted molar refractivity (Wildman–Crippen MR) is 63.9 cm³/mol. The lowest BCUT2D eigenvalue weighted by Crippen LogP contribution is -2.31. The smallest absolute Gasteiger partial charge is 0.361 e. The van der Waals surface area contributed by atoms with E-state index in [2.05, 4.69) is 5.10 Å². The minimum atomic E-state index is -2.47. The molecule has 2 heterocycles. The number of hydrogen-bond acceptors (Lipinski definition) is 5. The molecule has 0 aromatic carbocycles. The van der Waals surface area contributed by atoms with Crippen molar-refractivity contribution in [1.29, 1.82) is 0 Å². The first-order valence-electron chi connectivity index (χ1n) is 5.76. The molecule has 1 saturated heterocycles. The van der Waals surface area contributed by atoms with E-state index in [-0.39, 0.29) is 6.10 Å². The van der Waals surface area contributed by atoms with Gasteiger partial charge in [0.05, 0.1) is 18.0 Å². The molecule has 0 saturated carbocycles. The third-order valence-corrected chi connectivity index (χ3v) is 3.07. The van der Waals surface area contributed by atoms with Gasteiger partial charge in [-0.3, -0.25) is 4.79 Å². The monoisotopic (exact) mass is 271 g/mol. The number of hydrogen-bond donors (Lipinski definition) is 1. The first kappa shape index (κ1) is 13.5. The number of anilines is 1. The van der Waals surface area contributed by atoms with E-state index in [4.69, 9.17) is 9.84 Å². The van der Waals surface area contributed by atoms with Crippen LogP contribution < -0.4 is 10.5 Å². The Morgan fingerprint density at radius 2 is 2.42 bits per heavy atom. The van der Waals surface area contributed by atoms with Gasteiger partial charge in [-0.25, -0.2) is 9.18 Å². The van der Waals surface area contributed by atoms with Gasteiger partial charge in [-0.1, -0.05) is 0 Å². The molecule has 1 aliphatic rings. The molecule has 2 atom stereocenters. The van der Waals surface area contributed by atoms with Gasteiger partial charge in [0.1, 0.15) is 0 Å². The summed E-state index contributed by atoms with van der Waals surface area (Å²) in [6.07, 6.45) is -0.252. The first-order valence-corrected chi connectivity index (χ1v) is 5.76. The fourth-order valence-corrected chi connectivity index (χ4v) is 2.01. The van der Waals surface area contributed by atoms with E-state index in [9.17, 15) is 14.0 Å². The van der Waals surface area contributed by atoms with Crippen molar-refractivity contribution < 1.29 is 19.0 Å². The number of aromatic nitrogens is 2. The number of carboxylic acid groups (broad SMARTS) is 1. The molecule has 0 aliphatic carbocycles. The zero-order valence-electron chi connectivity index (χ0n) is 10.3. The average molecular weight is 271 g/mol. The van der Waals surface area contributed by atoms with Crippen molar-refractivity contribution in [2.24, 2.45) is 0 Å². The maximum Gasteiger partial charge on any atom is 0.361 e. The predicted octanol–water partition coefficient (Wildman–Crippen LogP) is 0.0211. The van der Waals surface area contributed by atoms with E-state index in [0.717, 1.165) is 6.42 Å². The molecule has 7 nitrogen and oxygen atoms in total. The SMILES string of the molecule is COC1CCN(c2cnn(C(F)C(=O)O)c(=O)c2)C1. The lowest BCUT2D eigenvalue weighted by atomic mass is 10.3. The molecule has 0 amide bonds. The van der Waals surface area contributed by atoms with Crippen molar-refractivity contribution in [3.05, 3.63) is 22.6 Å². The van der Waals surface area contributed by atoms with Gasteiger partial charge in [-0.2, -0.15) is 9.78 Å². The van der Waals surface area contributed by atoms with Crippen molar-refractivity contribution in [3.63, 3.8) is 0 Å². The summed E-state index contributed by atoms with van der Waals surface area (Å²) in [7, 11) is 1.62. The van der Waals surface area contributed by atoms with E-state index in [1.165, 1.54) is 12.3 Å². The fraction of sp³-hybridized carbons (Fsp3) is 0.545. The molecule has 0 radical (unpaired) electrons. The fourth-order valence-electron chi connectivity index (χ4n) is 2.01. The molecule has 0 bridgehead atoms. The number of rotatable bonds is 4. The van der Waals surface area contributed by atoms with Crippen LogP contribution in [0, 0.1) is 0 Å². The van der Waals surface area contributed by atoms with Crippen molar-refractivity contribution in [3.8, 4) is 0 Å². The molecule has 8 heteroatoms. The lowest BCUT2D eigenvalue weighted by Gasteiger charge is -2.18. The quantitative estimate of drug-likeness (QED) is 0.831. The highest BCUT2D eigenvalue weighted by Crippen LogP contribution is 2.19. The normalized spacial score (nSPS) is 20.5. The van der Waals surface area contributed by atoms with Gasteiger partial charge in [-0.15, -0.1) is 0 Å². The van der Waals surface area contributed by atoms with Crippen LogP contribution in [0.5, 0.6) is 0 Å². The van der Waals surface area contributed by atoms with Crippen molar-refractivity contribution in [1.82, 2.24) is 9.78 Å². The maximum atomic E-state index is 13.2. The molecule has 1 N–H and O–H groups in total. The van der Waals surface area contributed by atoms with Crippen LogP contribution in [0.15, 0.2) is 17.1 Å². The molecule has 2 rings (SSSR count). The van der Waals surface area contributed by atoms with E-state index >= 15 is 0 Å². The first-order chi connectivity index (χ1) is 9.02. The Balaban J connectivity index is 2.20. The number of carboxylic acids is 1. The molecule has 2 unspecified atom stereocenters. The average Bonchev–Trinajstić information content (AvgIpc) is 2.86. The van der Waals surface area contributed by atoms with Gasteiger partial charge < -0.3 is 14.7 Å². The Morgan fingerprint density at radius 3 is 2.95 bits per heavy atom. The third kappa shape index (κ3) is 2.73. The second kappa shape index (κ2) is 5.35. The van der Waals surface area contributed by atoms with Crippen LogP contribution >= 0.6 is 0 Å². The zero-order valence-corrected chi connectivity index (χ0v) is 10.3. The summed E-state index contributed by atoms with van der Waals surface area (Å²) < 4.78 is 18.7. The number of aliphatic carboxylic acids is 1. The molecular formula is C11H14FN3O4. The minimum absolute atomic E-state index is 0.0929. The Morgan fingerprint density at radius 1 is 1.68 bits per heavy atom. The van der Waals surface area contributed by atoms with Crippen LogP contribution in [-0.2, 0) is 9.53 Å². The summed E-state index contributed by atoms with van der Waals surface area (Å²) in [4.78, 5) is 24.0. The molecule has 19 heavy (non-hydrogen) atoms. The highest BCUT2D eigenvalue weighted by molar-refractivity contribution is 5.69. The van der Waals surface area contributed by atoms with E-state index in [1.807, 2.05) is 4.90 Å². The number of methoxy groups -OCH3 is 1. The number of nitrogens with zero attached hydrogens (tertiary/aromatic N) is 3. The number of alkyl halides is 1. The van der Waals surface area contributed by atoms with Gasteiger partial charge >= 0.3 is 5.97 Å². The summed E-state index contributed by atoms with van der Waals surface area (Å²) >= 11 is 0. The van der Waals surface area contributed by atoms with Crippen LogP contribution in [-0.4, -0.2) is 47.2 Å². The van der Waals surface area contributed by atoms with E-state index in [0.29, 0.717) is 23.5 Å². The van der Waals surface area contributed by atoms with Crippen LogP contribution in [0.3, 0.4) is 0 Å². The van der Waals surface area contributed by atoms with Crippen LogP contribution in [0.1, 0.15) is 12.7 Å². The molecular weight excluding hydrogens is 257 g/mol. The summed E-state index contributed by atoms with van der Waals surface area (Å²) in [5, 5.41) is 12.1. The van der Waals surface area contributed by atoms with Gasteiger partial charge in [0, 0.05) is 26.3 Å². The Bertz CT molecular complexity index is 533. The highest BCUT2D eigenvalue weighted by Gasteiger charge is 2.25. The largest absolute Gasteiger partial charge is 0.478 e. The number of halogens is 1. The van der Waals surface area contributed by atoms with Crippen LogP contribution in [0.25, 0.3) is 0 Å². The third-order valence-electron chi connectivity index (χ3n) is 3.07. The Hall–Kier alpha value is -1.96. The second-order valence-corrected chi connectivity index (χ2v) is 4.26. The summed E-state index contributed by atoms with van der Waals surface area (Å²) in [6.45, 7) is 1.33. The standard InChI is InChI=1S/C11H14FN3O4/c1-19-8-2-3-14(6-8)7-4-9(16)15(13-5-7)10(12)11(17)18/h4-5,8,10H,2-3,6H2,1H3,(H,17,18). The lowest BCUT2D eigenvalue weighted by molar-refractivity contribution is -0.147. The Labute approximate surface area is 108 Å². The minimum Gasteiger partial charge on any atom is -0.478 e. The van der Waals surface area contributed by atoms with Gasteiger partial charge in [0.15, 0.2) is 0 Å². The van der Waals surface area contributed by atoms with Crippen molar-refractivity contribution in [2.45, 2.75) is 18.8 Å². The molecule has 1 aromatic heterocycles. The summed E-state index contributed by atoms with van der Waals surface area (Å²) in [5.74, 6) is -1.75.